The normalized spacial score (nSPS) is 23.0. The van der Waals surface area contributed by atoms with E-state index in [1.165, 1.54) is 26.5 Å². The van der Waals surface area contributed by atoms with Gasteiger partial charge in [-0.3, -0.25) is 4.79 Å². The maximum Gasteiger partial charge on any atom is 0.325 e. The molecule has 0 aromatic heterocycles. The summed E-state index contributed by atoms with van der Waals surface area (Å²) >= 11 is 0. The number of hydrogen-bond acceptors (Lipinski definition) is 5. The number of hydrogen-bond donors (Lipinski definition) is 1. The maximum atomic E-state index is 12.1. The molecule has 2 atom stereocenters. The van der Waals surface area contributed by atoms with Crippen molar-refractivity contribution in [2.24, 2.45) is 0 Å². The van der Waals surface area contributed by atoms with Crippen LogP contribution in [0.5, 0.6) is 0 Å². The summed E-state index contributed by atoms with van der Waals surface area (Å²) in [5.41, 5.74) is -0.584. The predicted octanol–water partition coefficient (Wildman–Crippen LogP) is 1.33. The molecule has 2 unspecified atom stereocenters. The van der Waals surface area contributed by atoms with Crippen LogP contribution in [0.15, 0.2) is 0 Å². The van der Waals surface area contributed by atoms with E-state index in [9.17, 15) is 4.79 Å². The molecule has 5 nitrogen and oxygen atoms in total. The first-order valence-corrected chi connectivity index (χ1v) is 8.15. The molecule has 1 rings (SSSR count). The lowest BCUT2D eigenvalue weighted by Crippen LogP contribution is -2.53. The van der Waals surface area contributed by atoms with Gasteiger partial charge in [-0.1, -0.05) is 6.92 Å². The van der Waals surface area contributed by atoms with Gasteiger partial charge >= 0.3 is 5.97 Å². The van der Waals surface area contributed by atoms with Crippen LogP contribution in [0.25, 0.3) is 0 Å². The Morgan fingerprint density at radius 1 is 1.52 bits per heavy atom. The van der Waals surface area contributed by atoms with E-state index < -0.39 is 5.54 Å². The number of carbonyl (C=O) groups is 1. The quantitative estimate of drug-likeness (QED) is 0.685. The average Bonchev–Trinajstić information content (AvgIpc) is 2.49. The maximum absolute atomic E-state index is 12.1. The van der Waals surface area contributed by atoms with E-state index >= 15 is 0 Å². The van der Waals surface area contributed by atoms with Crippen molar-refractivity contribution in [1.82, 2.24) is 15.1 Å². The number of piperidine rings is 1. The molecule has 5 heteroatoms. The van der Waals surface area contributed by atoms with Crippen LogP contribution in [-0.4, -0.2) is 74.7 Å². The molecule has 124 valence electrons. The molecule has 0 bridgehead atoms. The Kier molecular flexibility index (Phi) is 7.63. The van der Waals surface area contributed by atoms with Crippen LogP contribution >= 0.6 is 0 Å². The predicted molar refractivity (Wildman–Crippen MR) is 86.5 cm³/mol. The van der Waals surface area contributed by atoms with Crippen molar-refractivity contribution >= 4 is 5.97 Å². The van der Waals surface area contributed by atoms with E-state index in [0.29, 0.717) is 6.04 Å². The molecule has 1 N–H and O–H groups in total. The first-order valence-electron chi connectivity index (χ1n) is 8.15. The third-order valence-corrected chi connectivity index (χ3v) is 4.59. The number of esters is 1. The number of carbonyl (C=O) groups excluding carboxylic acids is 1. The second-order valence-electron chi connectivity index (χ2n) is 6.54. The Morgan fingerprint density at radius 3 is 2.81 bits per heavy atom. The molecule has 1 aliphatic rings. The third kappa shape index (κ3) is 5.57. The monoisotopic (exact) mass is 299 g/mol. The number of rotatable bonds is 8. The van der Waals surface area contributed by atoms with Gasteiger partial charge in [-0.05, 0) is 59.8 Å². The molecule has 0 radical (unpaired) electrons. The molecular formula is C16H33N3O2. The molecule has 0 aliphatic carbocycles. The van der Waals surface area contributed by atoms with Crippen LogP contribution in [0, 0.1) is 0 Å². The summed E-state index contributed by atoms with van der Waals surface area (Å²) in [7, 11) is 5.82. The molecular weight excluding hydrogens is 266 g/mol. The average molecular weight is 299 g/mol. The fraction of sp³-hybridized carbons (Fsp3) is 0.938. The molecule has 1 aliphatic heterocycles. The van der Waals surface area contributed by atoms with Crippen LogP contribution < -0.4 is 5.32 Å². The Labute approximate surface area is 130 Å². The van der Waals surface area contributed by atoms with Gasteiger partial charge in [0.15, 0.2) is 0 Å². The minimum Gasteiger partial charge on any atom is -0.468 e. The number of nitrogens with one attached hydrogen (secondary N) is 1. The van der Waals surface area contributed by atoms with Crippen molar-refractivity contribution < 1.29 is 9.53 Å². The highest BCUT2D eigenvalue weighted by Gasteiger charge is 2.34. The molecule has 1 heterocycles. The minimum absolute atomic E-state index is 0.162. The molecule has 0 saturated carbocycles. The summed E-state index contributed by atoms with van der Waals surface area (Å²) in [6, 6.07) is 0.594. The Hall–Kier alpha value is -0.650. The summed E-state index contributed by atoms with van der Waals surface area (Å²) in [5.74, 6) is -0.162. The largest absolute Gasteiger partial charge is 0.468 e. The Bertz CT molecular complexity index is 325. The van der Waals surface area contributed by atoms with Crippen molar-refractivity contribution in [3.8, 4) is 0 Å². The first-order chi connectivity index (χ1) is 9.92. The van der Waals surface area contributed by atoms with Gasteiger partial charge < -0.3 is 19.9 Å². The molecule has 1 fully saturated rings. The Balaban J connectivity index is 2.53. The minimum atomic E-state index is -0.584. The summed E-state index contributed by atoms with van der Waals surface area (Å²) in [6.07, 6.45) is 4.29. The molecule has 1 saturated heterocycles. The zero-order valence-corrected chi connectivity index (χ0v) is 14.4. The number of methoxy groups -OCH3 is 1. The molecule has 21 heavy (non-hydrogen) atoms. The highest BCUT2D eigenvalue weighted by atomic mass is 16.5. The lowest BCUT2D eigenvalue weighted by molar-refractivity contribution is -0.148. The zero-order valence-electron chi connectivity index (χ0n) is 14.4. The van der Waals surface area contributed by atoms with Gasteiger partial charge in [0, 0.05) is 19.1 Å². The van der Waals surface area contributed by atoms with Gasteiger partial charge in [0.1, 0.15) is 5.54 Å². The molecule has 0 spiro atoms. The zero-order chi connectivity index (χ0) is 15.9. The van der Waals surface area contributed by atoms with Gasteiger partial charge in [-0.25, -0.2) is 0 Å². The van der Waals surface area contributed by atoms with Crippen LogP contribution in [0.3, 0.4) is 0 Å². The molecule has 0 aromatic carbocycles. The van der Waals surface area contributed by atoms with E-state index in [0.717, 1.165) is 32.5 Å². The van der Waals surface area contributed by atoms with E-state index in [1.54, 1.807) is 0 Å². The van der Waals surface area contributed by atoms with Crippen molar-refractivity contribution in [3.05, 3.63) is 0 Å². The molecule has 0 aromatic rings. The number of likely N-dealkylation sites (tertiary alicyclic amines) is 1. The van der Waals surface area contributed by atoms with Crippen LogP contribution in [0.1, 0.15) is 39.5 Å². The Morgan fingerprint density at radius 2 is 2.24 bits per heavy atom. The number of likely N-dealkylation sites (N-methyl/N-ethyl adjacent to an activating group) is 2. The van der Waals surface area contributed by atoms with Crippen LogP contribution in [-0.2, 0) is 9.53 Å². The smallest absolute Gasteiger partial charge is 0.325 e. The van der Waals surface area contributed by atoms with E-state index in [1.807, 2.05) is 6.92 Å². The summed E-state index contributed by atoms with van der Waals surface area (Å²) in [6.45, 7) is 8.11. The second-order valence-corrected chi connectivity index (χ2v) is 6.54. The summed E-state index contributed by atoms with van der Waals surface area (Å²) in [4.78, 5) is 16.9. The summed E-state index contributed by atoms with van der Waals surface area (Å²) in [5, 5.41) is 3.35. The molecule has 0 amide bonds. The van der Waals surface area contributed by atoms with Crippen LogP contribution in [0.2, 0.25) is 0 Å². The van der Waals surface area contributed by atoms with Crippen molar-refractivity contribution in [2.45, 2.75) is 51.1 Å². The van der Waals surface area contributed by atoms with Gasteiger partial charge in [0.2, 0.25) is 0 Å². The van der Waals surface area contributed by atoms with Gasteiger partial charge in [-0.2, -0.15) is 0 Å². The van der Waals surface area contributed by atoms with Crippen molar-refractivity contribution in [3.63, 3.8) is 0 Å². The highest BCUT2D eigenvalue weighted by Crippen LogP contribution is 2.17. The van der Waals surface area contributed by atoms with Gasteiger partial charge in [0.05, 0.1) is 7.11 Å². The first kappa shape index (κ1) is 18.4. The fourth-order valence-electron chi connectivity index (χ4n) is 2.97. The SMILES string of the molecule is CCCNC(C)(CCN(C)C1CCCN(C)C1)C(=O)OC. The van der Waals surface area contributed by atoms with Gasteiger partial charge in [-0.15, -0.1) is 0 Å². The van der Waals surface area contributed by atoms with Crippen LogP contribution in [0.4, 0.5) is 0 Å². The lowest BCUT2D eigenvalue weighted by atomic mass is 9.96. The second kappa shape index (κ2) is 8.71. The number of ether oxygens (including phenoxy) is 1. The van der Waals surface area contributed by atoms with E-state index in [-0.39, 0.29) is 5.97 Å². The standard InChI is InChI=1S/C16H33N3O2/c1-6-10-17-16(2,15(20)21-5)9-12-19(4)14-8-7-11-18(3)13-14/h14,17H,6-13H2,1-5H3. The van der Waals surface area contributed by atoms with E-state index in [4.69, 9.17) is 4.74 Å². The van der Waals surface area contributed by atoms with Crippen molar-refractivity contribution in [2.75, 3.05) is 47.4 Å². The van der Waals surface area contributed by atoms with Gasteiger partial charge in [0.25, 0.3) is 0 Å². The third-order valence-electron chi connectivity index (χ3n) is 4.59. The highest BCUT2D eigenvalue weighted by molar-refractivity contribution is 5.80. The van der Waals surface area contributed by atoms with E-state index in [2.05, 4.69) is 36.1 Å². The lowest BCUT2D eigenvalue weighted by Gasteiger charge is -2.37. The topological polar surface area (TPSA) is 44.8 Å². The fourth-order valence-corrected chi connectivity index (χ4v) is 2.97. The van der Waals surface area contributed by atoms with Crippen molar-refractivity contribution in [1.29, 1.82) is 0 Å². The number of nitrogens with zero attached hydrogens (tertiary/aromatic N) is 2. The summed E-state index contributed by atoms with van der Waals surface area (Å²) < 4.78 is 4.98.